The van der Waals surface area contributed by atoms with Crippen LogP contribution in [0.15, 0.2) is 18.2 Å². The molecule has 0 spiro atoms. The summed E-state index contributed by atoms with van der Waals surface area (Å²) in [6.07, 6.45) is 0.895. The Morgan fingerprint density at radius 3 is 2.95 bits per heavy atom. The Labute approximate surface area is 112 Å². The molecule has 2 N–H and O–H groups in total. The van der Waals surface area contributed by atoms with Crippen molar-refractivity contribution in [3.8, 4) is 0 Å². The number of piperidine rings is 1. The van der Waals surface area contributed by atoms with Crippen LogP contribution in [0.4, 0.5) is 10.1 Å². The number of likely N-dealkylation sites (tertiary alicyclic amines) is 1. The number of halogens is 1. The van der Waals surface area contributed by atoms with E-state index in [4.69, 9.17) is 10.5 Å². The van der Waals surface area contributed by atoms with Crippen molar-refractivity contribution >= 4 is 11.6 Å². The first kappa shape index (κ1) is 13.8. The van der Waals surface area contributed by atoms with Gasteiger partial charge in [0.15, 0.2) is 0 Å². The standard InChI is InChI=1S/C14H19FN2O2/c1-9-6-7-17(8-12(9)19-2)14(18)10-4-3-5-11(15)13(10)16/h3-5,9,12H,6-8,16H2,1-2H3. The van der Waals surface area contributed by atoms with E-state index in [1.54, 1.807) is 18.1 Å². The summed E-state index contributed by atoms with van der Waals surface area (Å²) in [5.74, 6) is -0.371. The average molecular weight is 266 g/mol. The Morgan fingerprint density at radius 1 is 1.53 bits per heavy atom. The lowest BCUT2D eigenvalue weighted by atomic mass is 9.95. The van der Waals surface area contributed by atoms with Crippen LogP contribution in [0.1, 0.15) is 23.7 Å². The zero-order chi connectivity index (χ0) is 14.0. The van der Waals surface area contributed by atoms with Gasteiger partial charge in [0.1, 0.15) is 5.82 Å². The number of hydrogen-bond acceptors (Lipinski definition) is 3. The fourth-order valence-electron chi connectivity index (χ4n) is 2.42. The summed E-state index contributed by atoms with van der Waals surface area (Å²) in [6.45, 7) is 3.27. The number of nitrogen functional groups attached to an aromatic ring is 1. The lowest BCUT2D eigenvalue weighted by molar-refractivity contribution is -0.00153. The lowest BCUT2D eigenvalue weighted by Gasteiger charge is -2.36. The first-order chi connectivity index (χ1) is 9.04. The maximum Gasteiger partial charge on any atom is 0.256 e. The van der Waals surface area contributed by atoms with Gasteiger partial charge in [-0.25, -0.2) is 4.39 Å². The van der Waals surface area contributed by atoms with Crippen molar-refractivity contribution < 1.29 is 13.9 Å². The van der Waals surface area contributed by atoms with Crippen LogP contribution in [0.3, 0.4) is 0 Å². The largest absolute Gasteiger partial charge is 0.396 e. The number of rotatable bonds is 2. The molecule has 1 amide bonds. The molecule has 1 heterocycles. The van der Waals surface area contributed by atoms with E-state index in [2.05, 4.69) is 6.92 Å². The van der Waals surface area contributed by atoms with Crippen molar-refractivity contribution in [1.82, 2.24) is 4.90 Å². The van der Waals surface area contributed by atoms with Crippen molar-refractivity contribution in [2.75, 3.05) is 25.9 Å². The minimum atomic E-state index is -0.556. The lowest BCUT2D eigenvalue weighted by Crippen LogP contribution is -2.46. The van der Waals surface area contributed by atoms with Crippen LogP contribution in [0.2, 0.25) is 0 Å². The third-order valence-corrected chi connectivity index (χ3v) is 3.76. The zero-order valence-electron chi connectivity index (χ0n) is 11.2. The highest BCUT2D eigenvalue weighted by Gasteiger charge is 2.30. The van der Waals surface area contributed by atoms with Gasteiger partial charge >= 0.3 is 0 Å². The third kappa shape index (κ3) is 2.71. The van der Waals surface area contributed by atoms with Gasteiger partial charge < -0.3 is 15.4 Å². The number of ether oxygens (including phenoxy) is 1. The van der Waals surface area contributed by atoms with Gasteiger partial charge in [-0.3, -0.25) is 4.79 Å². The van der Waals surface area contributed by atoms with Crippen molar-refractivity contribution in [2.45, 2.75) is 19.4 Å². The number of para-hydroxylation sites is 1. The van der Waals surface area contributed by atoms with Crippen molar-refractivity contribution in [3.05, 3.63) is 29.6 Å². The molecule has 0 aliphatic carbocycles. The molecule has 0 radical (unpaired) electrons. The summed E-state index contributed by atoms with van der Waals surface area (Å²) in [5.41, 5.74) is 5.77. The van der Waals surface area contributed by atoms with Gasteiger partial charge in [-0.15, -0.1) is 0 Å². The summed E-state index contributed by atoms with van der Waals surface area (Å²) >= 11 is 0. The number of carbonyl (C=O) groups excluding carboxylic acids is 1. The molecule has 1 fully saturated rings. The second kappa shape index (κ2) is 5.57. The number of nitrogens with zero attached hydrogens (tertiary/aromatic N) is 1. The van der Waals surface area contributed by atoms with E-state index in [-0.39, 0.29) is 23.3 Å². The molecule has 1 aliphatic rings. The van der Waals surface area contributed by atoms with Crippen LogP contribution in [-0.2, 0) is 4.74 Å². The van der Waals surface area contributed by atoms with Gasteiger partial charge in [0.2, 0.25) is 0 Å². The van der Waals surface area contributed by atoms with Crippen LogP contribution in [0.5, 0.6) is 0 Å². The predicted molar refractivity (Wildman–Crippen MR) is 71.3 cm³/mol. The minimum absolute atomic E-state index is 0.0208. The fraction of sp³-hybridized carbons (Fsp3) is 0.500. The molecule has 0 aromatic heterocycles. The molecular weight excluding hydrogens is 247 g/mol. The first-order valence-corrected chi connectivity index (χ1v) is 6.40. The van der Waals surface area contributed by atoms with Gasteiger partial charge in [-0.1, -0.05) is 13.0 Å². The molecule has 19 heavy (non-hydrogen) atoms. The van der Waals surface area contributed by atoms with Crippen molar-refractivity contribution in [1.29, 1.82) is 0 Å². The Hall–Kier alpha value is -1.62. The summed E-state index contributed by atoms with van der Waals surface area (Å²) in [4.78, 5) is 14.0. The molecule has 1 aromatic carbocycles. The third-order valence-electron chi connectivity index (χ3n) is 3.76. The number of hydrogen-bond donors (Lipinski definition) is 1. The SMILES string of the molecule is COC1CN(C(=O)c2cccc(F)c2N)CCC1C. The van der Waals surface area contributed by atoms with E-state index in [0.29, 0.717) is 19.0 Å². The maximum absolute atomic E-state index is 13.4. The molecule has 104 valence electrons. The Morgan fingerprint density at radius 2 is 2.26 bits per heavy atom. The Bertz CT molecular complexity index is 479. The number of nitrogens with two attached hydrogens (primary N) is 1. The van der Waals surface area contributed by atoms with E-state index < -0.39 is 5.82 Å². The van der Waals surface area contributed by atoms with Gasteiger partial charge in [0, 0.05) is 20.2 Å². The van der Waals surface area contributed by atoms with E-state index in [1.807, 2.05) is 0 Å². The number of benzene rings is 1. The minimum Gasteiger partial charge on any atom is -0.396 e. The quantitative estimate of drug-likeness (QED) is 0.832. The number of amides is 1. The molecule has 2 rings (SSSR count). The van der Waals surface area contributed by atoms with Crippen LogP contribution >= 0.6 is 0 Å². The molecule has 2 unspecified atom stereocenters. The monoisotopic (exact) mass is 266 g/mol. The average Bonchev–Trinajstić information content (AvgIpc) is 2.41. The fourth-order valence-corrected chi connectivity index (χ4v) is 2.42. The molecule has 1 aliphatic heterocycles. The van der Waals surface area contributed by atoms with Crippen molar-refractivity contribution in [3.63, 3.8) is 0 Å². The number of methoxy groups -OCH3 is 1. The molecule has 1 aromatic rings. The highest BCUT2D eigenvalue weighted by molar-refractivity contribution is 5.99. The van der Waals surface area contributed by atoms with Crippen molar-refractivity contribution in [2.24, 2.45) is 5.92 Å². The molecule has 4 nitrogen and oxygen atoms in total. The molecule has 1 saturated heterocycles. The van der Waals surface area contributed by atoms with Gasteiger partial charge in [0.05, 0.1) is 17.4 Å². The summed E-state index contributed by atoms with van der Waals surface area (Å²) in [6, 6.07) is 4.31. The zero-order valence-corrected chi connectivity index (χ0v) is 11.2. The van der Waals surface area contributed by atoms with Crippen LogP contribution < -0.4 is 5.73 Å². The number of carbonyl (C=O) groups is 1. The van der Waals surface area contributed by atoms with Gasteiger partial charge in [-0.05, 0) is 24.5 Å². The Balaban J connectivity index is 2.18. The number of anilines is 1. The predicted octanol–water partition coefficient (Wildman–Crippen LogP) is 1.90. The molecule has 0 saturated carbocycles. The summed E-state index contributed by atoms with van der Waals surface area (Å²) in [5, 5.41) is 0. The molecule has 2 atom stereocenters. The smallest absolute Gasteiger partial charge is 0.256 e. The van der Waals surface area contributed by atoms with E-state index >= 15 is 0 Å². The highest BCUT2D eigenvalue weighted by Crippen LogP contribution is 2.23. The summed E-state index contributed by atoms with van der Waals surface area (Å²) < 4.78 is 18.8. The topological polar surface area (TPSA) is 55.6 Å². The van der Waals surface area contributed by atoms with Crippen LogP contribution in [-0.4, -0.2) is 37.1 Å². The van der Waals surface area contributed by atoms with Crippen LogP contribution in [0.25, 0.3) is 0 Å². The normalized spacial score (nSPS) is 23.4. The molecule has 5 heteroatoms. The Kier molecular flexibility index (Phi) is 4.04. The van der Waals surface area contributed by atoms with Gasteiger partial charge in [-0.2, -0.15) is 0 Å². The maximum atomic E-state index is 13.4. The van der Waals surface area contributed by atoms with E-state index in [9.17, 15) is 9.18 Å². The first-order valence-electron chi connectivity index (χ1n) is 6.40. The molecular formula is C14H19FN2O2. The van der Waals surface area contributed by atoms with E-state index in [0.717, 1.165) is 6.42 Å². The molecule has 0 bridgehead atoms. The second-order valence-electron chi connectivity index (χ2n) is 4.99. The second-order valence-corrected chi connectivity index (χ2v) is 4.99. The van der Waals surface area contributed by atoms with Gasteiger partial charge in [0.25, 0.3) is 5.91 Å². The summed E-state index contributed by atoms with van der Waals surface area (Å²) in [7, 11) is 1.64. The van der Waals surface area contributed by atoms with Crippen LogP contribution in [0, 0.1) is 11.7 Å². The van der Waals surface area contributed by atoms with E-state index in [1.165, 1.54) is 12.1 Å². The highest BCUT2D eigenvalue weighted by atomic mass is 19.1.